The molecule has 1 aliphatic rings. The van der Waals surface area contributed by atoms with Gasteiger partial charge in [-0.05, 0) is 51.9 Å². The van der Waals surface area contributed by atoms with Crippen molar-refractivity contribution >= 4 is 15.9 Å². The molecule has 2 aromatic rings. The summed E-state index contributed by atoms with van der Waals surface area (Å²) < 4.78 is 7.12. The Morgan fingerprint density at radius 3 is 2.45 bits per heavy atom. The molecule has 20 heavy (non-hydrogen) atoms. The summed E-state index contributed by atoms with van der Waals surface area (Å²) >= 11 is 3.74. The van der Waals surface area contributed by atoms with E-state index in [-0.39, 0.29) is 0 Å². The van der Waals surface area contributed by atoms with E-state index in [0.717, 1.165) is 10.2 Å². The topological polar surface area (TPSA) is 9.23 Å². The van der Waals surface area contributed by atoms with Crippen molar-refractivity contribution in [1.29, 1.82) is 0 Å². The van der Waals surface area contributed by atoms with Crippen LogP contribution in [0.3, 0.4) is 0 Å². The van der Waals surface area contributed by atoms with Gasteiger partial charge in [0.25, 0.3) is 0 Å². The molecule has 2 heteroatoms. The van der Waals surface area contributed by atoms with Gasteiger partial charge in [-0.3, -0.25) is 0 Å². The van der Waals surface area contributed by atoms with Gasteiger partial charge < -0.3 is 4.74 Å². The number of rotatable bonds is 4. The van der Waals surface area contributed by atoms with E-state index in [9.17, 15) is 0 Å². The van der Waals surface area contributed by atoms with Gasteiger partial charge in [0.2, 0.25) is 0 Å². The molecule has 0 saturated heterocycles. The van der Waals surface area contributed by atoms with Crippen molar-refractivity contribution in [3.8, 4) is 5.75 Å². The zero-order valence-electron chi connectivity index (χ0n) is 11.5. The predicted molar refractivity (Wildman–Crippen MR) is 86.1 cm³/mol. The molecule has 0 radical (unpaired) electrons. The highest BCUT2D eigenvalue weighted by Gasteiger charge is 2.20. The van der Waals surface area contributed by atoms with Crippen LogP contribution in [0, 0.1) is 0 Å². The smallest absolute Gasteiger partial charge is 0.134 e. The SMILES string of the molecule is Brc1c(OCc2ccccc2)cccc1C1CCCC1. The molecule has 0 atom stereocenters. The van der Waals surface area contributed by atoms with Crippen molar-refractivity contribution in [2.75, 3.05) is 0 Å². The van der Waals surface area contributed by atoms with Crippen LogP contribution in [-0.2, 0) is 6.61 Å². The van der Waals surface area contributed by atoms with E-state index in [1.165, 1.54) is 36.8 Å². The molecule has 2 aromatic carbocycles. The van der Waals surface area contributed by atoms with Crippen LogP contribution < -0.4 is 4.74 Å². The van der Waals surface area contributed by atoms with Crippen LogP contribution in [0.4, 0.5) is 0 Å². The van der Waals surface area contributed by atoms with Gasteiger partial charge in [-0.15, -0.1) is 0 Å². The van der Waals surface area contributed by atoms with Crippen molar-refractivity contribution in [3.05, 3.63) is 64.1 Å². The van der Waals surface area contributed by atoms with Crippen LogP contribution in [0.1, 0.15) is 42.7 Å². The molecule has 0 amide bonds. The molecule has 0 aliphatic heterocycles. The molecule has 0 N–H and O–H groups in total. The summed E-state index contributed by atoms with van der Waals surface area (Å²) in [6.45, 7) is 0.619. The first-order valence-corrected chi connectivity index (χ1v) is 8.09. The van der Waals surface area contributed by atoms with Gasteiger partial charge in [-0.1, -0.05) is 55.3 Å². The van der Waals surface area contributed by atoms with Gasteiger partial charge in [0.05, 0.1) is 4.47 Å². The van der Waals surface area contributed by atoms with Gasteiger partial charge in [-0.2, -0.15) is 0 Å². The zero-order valence-corrected chi connectivity index (χ0v) is 13.1. The molecular weight excluding hydrogens is 312 g/mol. The Hall–Kier alpha value is -1.28. The molecule has 104 valence electrons. The summed E-state index contributed by atoms with van der Waals surface area (Å²) in [5.74, 6) is 1.66. The van der Waals surface area contributed by atoms with E-state index < -0.39 is 0 Å². The van der Waals surface area contributed by atoms with E-state index in [2.05, 4.69) is 40.2 Å². The fraction of sp³-hybridized carbons (Fsp3) is 0.333. The molecule has 0 heterocycles. The van der Waals surface area contributed by atoms with Gasteiger partial charge >= 0.3 is 0 Å². The normalized spacial score (nSPS) is 15.4. The lowest BCUT2D eigenvalue weighted by Crippen LogP contribution is -1.99. The van der Waals surface area contributed by atoms with Crippen molar-refractivity contribution in [2.45, 2.75) is 38.2 Å². The maximum absolute atomic E-state index is 5.98. The van der Waals surface area contributed by atoms with Gasteiger partial charge in [0.1, 0.15) is 12.4 Å². The van der Waals surface area contributed by atoms with Crippen molar-refractivity contribution in [2.24, 2.45) is 0 Å². The van der Waals surface area contributed by atoms with Gasteiger partial charge in [0, 0.05) is 0 Å². The van der Waals surface area contributed by atoms with Crippen molar-refractivity contribution in [3.63, 3.8) is 0 Å². The van der Waals surface area contributed by atoms with Crippen LogP contribution in [0.2, 0.25) is 0 Å². The summed E-state index contributed by atoms with van der Waals surface area (Å²) in [7, 11) is 0. The summed E-state index contributed by atoms with van der Waals surface area (Å²) in [5, 5.41) is 0. The molecule has 0 bridgehead atoms. The van der Waals surface area contributed by atoms with Crippen LogP contribution >= 0.6 is 15.9 Å². The highest BCUT2D eigenvalue weighted by molar-refractivity contribution is 9.10. The quantitative estimate of drug-likeness (QED) is 0.700. The zero-order chi connectivity index (χ0) is 13.8. The fourth-order valence-electron chi connectivity index (χ4n) is 2.93. The lowest BCUT2D eigenvalue weighted by molar-refractivity contribution is 0.303. The molecule has 0 spiro atoms. The predicted octanol–water partition coefficient (Wildman–Crippen LogP) is 5.69. The average molecular weight is 331 g/mol. The van der Waals surface area contributed by atoms with E-state index in [1.807, 2.05) is 24.3 Å². The molecule has 0 unspecified atom stereocenters. The summed E-state index contributed by atoms with van der Waals surface area (Å²) in [6.07, 6.45) is 5.32. The first-order valence-electron chi connectivity index (χ1n) is 7.30. The van der Waals surface area contributed by atoms with Crippen molar-refractivity contribution in [1.82, 2.24) is 0 Å². The minimum absolute atomic E-state index is 0.619. The lowest BCUT2D eigenvalue weighted by Gasteiger charge is -2.15. The molecule has 1 aliphatic carbocycles. The summed E-state index contributed by atoms with van der Waals surface area (Å²) in [4.78, 5) is 0. The minimum atomic E-state index is 0.619. The lowest BCUT2D eigenvalue weighted by atomic mass is 9.97. The fourth-order valence-corrected chi connectivity index (χ4v) is 3.63. The van der Waals surface area contributed by atoms with Crippen LogP contribution in [0.25, 0.3) is 0 Å². The van der Waals surface area contributed by atoms with E-state index in [4.69, 9.17) is 4.74 Å². The number of hydrogen-bond donors (Lipinski definition) is 0. The van der Waals surface area contributed by atoms with Gasteiger partial charge in [-0.25, -0.2) is 0 Å². The number of ether oxygens (including phenoxy) is 1. The third kappa shape index (κ3) is 3.06. The first kappa shape index (κ1) is 13.7. The average Bonchev–Trinajstić information content (AvgIpc) is 3.01. The second kappa shape index (κ2) is 6.45. The Bertz CT molecular complexity index is 559. The largest absolute Gasteiger partial charge is 0.488 e. The number of hydrogen-bond acceptors (Lipinski definition) is 1. The molecule has 1 saturated carbocycles. The second-order valence-electron chi connectivity index (χ2n) is 5.42. The summed E-state index contributed by atoms with van der Waals surface area (Å²) in [5.41, 5.74) is 2.61. The molecule has 1 nitrogen and oxygen atoms in total. The van der Waals surface area contributed by atoms with E-state index in [0.29, 0.717) is 12.5 Å². The second-order valence-corrected chi connectivity index (χ2v) is 6.21. The van der Waals surface area contributed by atoms with Crippen LogP contribution in [-0.4, -0.2) is 0 Å². The first-order chi connectivity index (χ1) is 9.84. The standard InChI is InChI=1S/C18H19BrO/c19-18-16(15-9-4-5-10-15)11-6-12-17(18)20-13-14-7-2-1-3-8-14/h1-3,6-8,11-12,15H,4-5,9-10,13H2. The monoisotopic (exact) mass is 330 g/mol. The third-order valence-corrected chi connectivity index (χ3v) is 4.87. The molecule has 0 aromatic heterocycles. The maximum Gasteiger partial charge on any atom is 0.134 e. The number of halogens is 1. The molecular formula is C18H19BrO. The highest BCUT2D eigenvalue weighted by Crippen LogP contribution is 2.41. The van der Waals surface area contributed by atoms with Gasteiger partial charge in [0.15, 0.2) is 0 Å². The Labute approximate surface area is 129 Å². The van der Waals surface area contributed by atoms with E-state index in [1.54, 1.807) is 0 Å². The molecule has 3 rings (SSSR count). The Balaban J connectivity index is 1.75. The summed E-state index contributed by atoms with van der Waals surface area (Å²) in [6, 6.07) is 16.7. The maximum atomic E-state index is 5.98. The third-order valence-electron chi connectivity index (χ3n) is 4.03. The van der Waals surface area contributed by atoms with E-state index >= 15 is 0 Å². The minimum Gasteiger partial charge on any atom is -0.488 e. The van der Waals surface area contributed by atoms with Crippen molar-refractivity contribution < 1.29 is 4.74 Å². The Morgan fingerprint density at radius 1 is 0.950 bits per heavy atom. The Morgan fingerprint density at radius 2 is 1.70 bits per heavy atom. The molecule has 1 fully saturated rings. The Kier molecular flexibility index (Phi) is 4.41. The van der Waals surface area contributed by atoms with Crippen LogP contribution in [0.15, 0.2) is 53.0 Å². The highest BCUT2D eigenvalue weighted by atomic mass is 79.9. The number of benzene rings is 2. The van der Waals surface area contributed by atoms with Crippen LogP contribution in [0.5, 0.6) is 5.75 Å².